The van der Waals surface area contributed by atoms with E-state index in [1.807, 2.05) is 13.8 Å². The van der Waals surface area contributed by atoms with Gasteiger partial charge in [-0.05, 0) is 23.5 Å². The molecule has 5 nitrogen and oxygen atoms in total. The molecule has 0 amide bonds. The van der Waals surface area contributed by atoms with Crippen molar-refractivity contribution in [2.24, 2.45) is 11.3 Å². The Morgan fingerprint density at radius 1 is 1.23 bits per heavy atom. The highest BCUT2D eigenvalue weighted by Crippen LogP contribution is 2.28. The normalized spacial score (nSPS) is 18.8. The van der Waals surface area contributed by atoms with Gasteiger partial charge in [-0.3, -0.25) is 4.57 Å². The predicted molar refractivity (Wildman–Crippen MR) is 96.0 cm³/mol. The van der Waals surface area contributed by atoms with Crippen molar-refractivity contribution in [3.63, 3.8) is 0 Å². The van der Waals surface area contributed by atoms with Gasteiger partial charge < -0.3 is 13.7 Å². The van der Waals surface area contributed by atoms with Crippen LogP contribution >= 0.6 is 0 Å². The number of aromatic nitrogens is 1. The maximum atomic E-state index is 13.0. The molecule has 1 fully saturated rings. The molecule has 0 aliphatic carbocycles. The molecule has 8 heteroatoms. The van der Waals surface area contributed by atoms with E-state index < -0.39 is 31.8 Å². The second-order valence-corrected chi connectivity index (χ2v) is 8.02. The Morgan fingerprint density at radius 3 is 2.46 bits per heavy atom. The van der Waals surface area contributed by atoms with E-state index in [0.29, 0.717) is 24.3 Å². The standard InChI is InChI=1S/C18H24BF2NO4/c1-11(2)13(8-16(20)21)22-14-7-12(5-6-15(14)26-17(22)23)19-24-9-18(3,4)10-25-19/h5-7,11,13,16H,8-10H2,1-4H3. The fraction of sp³-hybridized carbons (Fsp3) is 0.611. The molecule has 0 N–H and O–H groups in total. The van der Waals surface area contributed by atoms with Crippen molar-refractivity contribution in [1.29, 1.82) is 0 Å². The van der Waals surface area contributed by atoms with E-state index in [-0.39, 0.29) is 11.3 Å². The van der Waals surface area contributed by atoms with Crippen LogP contribution in [0.5, 0.6) is 0 Å². The quantitative estimate of drug-likeness (QED) is 0.762. The summed E-state index contributed by atoms with van der Waals surface area (Å²) in [5.41, 5.74) is 1.54. The zero-order chi connectivity index (χ0) is 19.1. The van der Waals surface area contributed by atoms with Crippen molar-refractivity contribution in [2.45, 2.75) is 46.6 Å². The Labute approximate surface area is 151 Å². The number of hydrogen-bond donors (Lipinski definition) is 0. The Morgan fingerprint density at radius 2 is 1.88 bits per heavy atom. The van der Waals surface area contributed by atoms with Gasteiger partial charge in [-0.25, -0.2) is 13.6 Å². The van der Waals surface area contributed by atoms with Crippen LogP contribution in [0.2, 0.25) is 0 Å². The lowest BCUT2D eigenvalue weighted by atomic mass is 9.76. The molecular weight excluding hydrogens is 343 g/mol. The summed E-state index contributed by atoms with van der Waals surface area (Å²) in [5.74, 6) is -0.766. The van der Waals surface area contributed by atoms with Crippen molar-refractivity contribution in [3.05, 3.63) is 28.7 Å². The van der Waals surface area contributed by atoms with E-state index in [2.05, 4.69) is 13.8 Å². The molecule has 2 heterocycles. The summed E-state index contributed by atoms with van der Waals surface area (Å²) < 4.78 is 44.2. The topological polar surface area (TPSA) is 53.6 Å². The Bertz CT molecular complexity index is 820. The number of alkyl halides is 2. The minimum atomic E-state index is -2.50. The van der Waals surface area contributed by atoms with Crippen LogP contribution in [0.4, 0.5) is 8.78 Å². The number of rotatable bonds is 5. The van der Waals surface area contributed by atoms with Gasteiger partial charge in [0, 0.05) is 31.1 Å². The molecule has 1 unspecified atom stereocenters. The summed E-state index contributed by atoms with van der Waals surface area (Å²) in [6.45, 7) is 8.84. The zero-order valence-electron chi connectivity index (χ0n) is 15.5. The second-order valence-electron chi connectivity index (χ2n) is 8.02. The third-order valence-electron chi connectivity index (χ3n) is 4.68. The molecule has 1 aromatic heterocycles. The van der Waals surface area contributed by atoms with Gasteiger partial charge in [0.15, 0.2) is 5.58 Å². The van der Waals surface area contributed by atoms with E-state index in [1.54, 1.807) is 18.2 Å². The monoisotopic (exact) mass is 367 g/mol. The van der Waals surface area contributed by atoms with Crippen molar-refractivity contribution < 1.29 is 22.5 Å². The molecule has 1 aliphatic heterocycles. The fourth-order valence-corrected chi connectivity index (χ4v) is 3.25. The van der Waals surface area contributed by atoms with Crippen LogP contribution in [0.25, 0.3) is 11.1 Å². The van der Waals surface area contributed by atoms with Gasteiger partial charge in [-0.1, -0.05) is 33.8 Å². The number of benzene rings is 1. The molecule has 0 bridgehead atoms. The van der Waals surface area contributed by atoms with Gasteiger partial charge >= 0.3 is 12.9 Å². The second kappa shape index (κ2) is 7.16. The predicted octanol–water partition coefficient (Wildman–Crippen LogP) is 3.22. The van der Waals surface area contributed by atoms with Crippen LogP contribution in [-0.4, -0.2) is 31.3 Å². The third-order valence-corrected chi connectivity index (χ3v) is 4.68. The van der Waals surface area contributed by atoms with Gasteiger partial charge in [-0.15, -0.1) is 0 Å². The first-order chi connectivity index (χ1) is 12.2. The lowest BCUT2D eigenvalue weighted by Crippen LogP contribution is -2.47. The van der Waals surface area contributed by atoms with Crippen LogP contribution < -0.4 is 11.2 Å². The lowest BCUT2D eigenvalue weighted by Gasteiger charge is -2.33. The number of oxazole rings is 1. The first kappa shape index (κ1) is 19.1. The van der Waals surface area contributed by atoms with Crippen LogP contribution in [0.3, 0.4) is 0 Å². The van der Waals surface area contributed by atoms with Crippen molar-refractivity contribution in [1.82, 2.24) is 4.57 Å². The average molecular weight is 367 g/mol. The van der Waals surface area contributed by atoms with Crippen molar-refractivity contribution >= 4 is 23.7 Å². The summed E-state index contributed by atoms with van der Waals surface area (Å²) in [5, 5.41) is 0. The van der Waals surface area contributed by atoms with Gasteiger partial charge in [0.25, 0.3) is 0 Å². The molecule has 2 aromatic rings. The fourth-order valence-electron chi connectivity index (χ4n) is 3.25. The maximum Gasteiger partial charge on any atom is 0.493 e. The highest BCUT2D eigenvalue weighted by Gasteiger charge is 2.34. The summed E-state index contributed by atoms with van der Waals surface area (Å²) >= 11 is 0. The minimum Gasteiger partial charge on any atom is -0.408 e. The summed E-state index contributed by atoms with van der Waals surface area (Å²) in [7, 11) is -0.543. The minimum absolute atomic E-state index is 0.0572. The molecule has 1 saturated heterocycles. The Balaban J connectivity index is 1.99. The van der Waals surface area contributed by atoms with Gasteiger partial charge in [-0.2, -0.15) is 0 Å². The van der Waals surface area contributed by atoms with Crippen LogP contribution in [-0.2, 0) is 9.31 Å². The first-order valence-electron chi connectivity index (χ1n) is 8.84. The molecule has 3 rings (SSSR count). The number of halogens is 2. The number of hydrogen-bond acceptors (Lipinski definition) is 4. The molecule has 1 aromatic carbocycles. The summed E-state index contributed by atoms with van der Waals surface area (Å²) in [4.78, 5) is 12.3. The molecule has 142 valence electrons. The van der Waals surface area contributed by atoms with E-state index in [4.69, 9.17) is 13.7 Å². The Kier molecular flexibility index (Phi) is 5.26. The summed E-state index contributed by atoms with van der Waals surface area (Å²) in [6.07, 6.45) is -2.91. The Hall–Kier alpha value is -1.67. The van der Waals surface area contributed by atoms with Crippen LogP contribution in [0.15, 0.2) is 27.4 Å². The highest BCUT2D eigenvalue weighted by atomic mass is 19.3. The van der Waals surface area contributed by atoms with Crippen molar-refractivity contribution in [2.75, 3.05) is 13.2 Å². The molecule has 0 spiro atoms. The molecule has 0 saturated carbocycles. The molecular formula is C18H24BF2NO4. The molecule has 1 atom stereocenters. The molecule has 26 heavy (non-hydrogen) atoms. The van der Waals surface area contributed by atoms with E-state index in [0.717, 1.165) is 5.46 Å². The molecule has 1 aliphatic rings. The lowest BCUT2D eigenvalue weighted by molar-refractivity contribution is 0.0343. The number of nitrogens with zero attached hydrogens (tertiary/aromatic N) is 1. The van der Waals surface area contributed by atoms with E-state index in [9.17, 15) is 13.6 Å². The van der Waals surface area contributed by atoms with E-state index in [1.165, 1.54) is 4.57 Å². The van der Waals surface area contributed by atoms with Gasteiger partial charge in [0.05, 0.1) is 5.52 Å². The highest BCUT2D eigenvalue weighted by molar-refractivity contribution is 6.61. The zero-order valence-corrected chi connectivity index (χ0v) is 15.5. The van der Waals surface area contributed by atoms with Crippen LogP contribution in [0.1, 0.15) is 40.2 Å². The molecule has 0 radical (unpaired) electrons. The average Bonchev–Trinajstić information content (AvgIpc) is 2.87. The van der Waals surface area contributed by atoms with Gasteiger partial charge in [0.2, 0.25) is 6.43 Å². The van der Waals surface area contributed by atoms with Crippen molar-refractivity contribution in [3.8, 4) is 0 Å². The summed E-state index contributed by atoms with van der Waals surface area (Å²) in [6, 6.07) is 4.53. The smallest absolute Gasteiger partial charge is 0.408 e. The van der Waals surface area contributed by atoms with Crippen LogP contribution in [0, 0.1) is 11.3 Å². The SMILES string of the molecule is CC(C)C(CC(F)F)n1c(=O)oc2ccc(B3OCC(C)(C)CO3)cc21. The van der Waals surface area contributed by atoms with Gasteiger partial charge in [0.1, 0.15) is 0 Å². The van der Waals surface area contributed by atoms with E-state index >= 15 is 0 Å². The maximum absolute atomic E-state index is 13.0. The largest absolute Gasteiger partial charge is 0.493 e. The third kappa shape index (κ3) is 3.86. The first-order valence-corrected chi connectivity index (χ1v) is 8.84. The number of fused-ring (bicyclic) bond motifs is 1.